The quantitative estimate of drug-likeness (QED) is 0.788. The number of pyridine rings is 1. The van der Waals surface area contributed by atoms with E-state index < -0.39 is 6.04 Å². The van der Waals surface area contributed by atoms with Gasteiger partial charge in [0.25, 0.3) is 11.5 Å². The maximum atomic E-state index is 12.1. The number of ether oxygens (including phenoxy) is 1. The molecule has 1 N–H and O–H groups in total. The number of hydrogen-bond acceptors (Lipinski definition) is 4. The molecule has 0 spiro atoms. The molecule has 1 saturated heterocycles. The second kappa shape index (κ2) is 6.58. The number of imide groups is 1. The molecule has 2 aliphatic rings. The highest BCUT2D eigenvalue weighted by atomic mass is 79.9. The fourth-order valence-corrected chi connectivity index (χ4v) is 3.76. The molecular weight excluding hydrogens is 378 g/mol. The van der Waals surface area contributed by atoms with Gasteiger partial charge in [-0.1, -0.05) is 0 Å². The van der Waals surface area contributed by atoms with Gasteiger partial charge in [-0.15, -0.1) is 0 Å². The lowest BCUT2D eigenvalue weighted by Crippen LogP contribution is -2.44. The summed E-state index contributed by atoms with van der Waals surface area (Å²) in [5.41, 5.74) is -0.129. The van der Waals surface area contributed by atoms with E-state index in [-0.39, 0.29) is 29.6 Å². The monoisotopic (exact) mass is 397 g/mol. The minimum absolute atomic E-state index is 0.0251. The predicted molar refractivity (Wildman–Crippen MR) is 90.9 cm³/mol. The summed E-state index contributed by atoms with van der Waals surface area (Å²) >= 11 is 3.41. The van der Waals surface area contributed by atoms with Crippen LogP contribution in [-0.4, -0.2) is 39.6 Å². The number of nitrogens with one attached hydrogen (secondary N) is 1. The number of nitrogens with zero attached hydrogens (tertiary/aromatic N) is 2. The average Bonchev–Trinajstić information content (AvgIpc) is 2.79. The van der Waals surface area contributed by atoms with Crippen molar-refractivity contribution < 1.29 is 14.3 Å². The van der Waals surface area contributed by atoms with E-state index in [0.717, 1.165) is 17.3 Å². The Morgan fingerprint density at radius 1 is 1.21 bits per heavy atom. The summed E-state index contributed by atoms with van der Waals surface area (Å²) in [5.74, 6) is 0.379. The summed E-state index contributed by atoms with van der Waals surface area (Å²) in [7, 11) is 1.68. The highest BCUT2D eigenvalue weighted by Gasteiger charge is 2.41. The minimum atomic E-state index is -0.442. The van der Waals surface area contributed by atoms with Crippen molar-refractivity contribution in [3.63, 3.8) is 0 Å². The van der Waals surface area contributed by atoms with Gasteiger partial charge < -0.3 is 14.6 Å². The van der Waals surface area contributed by atoms with Crippen LogP contribution in [0.3, 0.4) is 0 Å². The lowest BCUT2D eigenvalue weighted by atomic mass is 9.92. The molecule has 2 heterocycles. The van der Waals surface area contributed by atoms with Crippen LogP contribution in [0.5, 0.6) is 5.75 Å². The zero-order valence-corrected chi connectivity index (χ0v) is 15.2. The number of carbonyl (C=O) groups excluding carboxylic acids is 2. The molecule has 2 fully saturated rings. The number of carbonyl (C=O) groups is 2. The van der Waals surface area contributed by atoms with Crippen LogP contribution < -0.4 is 15.6 Å². The summed E-state index contributed by atoms with van der Waals surface area (Å²) in [4.78, 5) is 37.1. The van der Waals surface area contributed by atoms with Crippen LogP contribution in [0.2, 0.25) is 0 Å². The molecule has 130 valence electrons. The molecule has 0 radical (unpaired) electrons. The Balaban J connectivity index is 1.62. The Labute approximate surface area is 148 Å². The molecule has 7 nitrogen and oxygen atoms in total. The van der Waals surface area contributed by atoms with Gasteiger partial charge in [-0.3, -0.25) is 14.5 Å². The van der Waals surface area contributed by atoms with Crippen molar-refractivity contribution in [3.8, 4) is 5.75 Å². The molecule has 0 aromatic carbocycles. The van der Waals surface area contributed by atoms with E-state index in [9.17, 15) is 14.4 Å². The first-order chi connectivity index (χ1) is 11.4. The Morgan fingerprint density at radius 3 is 2.46 bits per heavy atom. The second-order valence-electron chi connectivity index (χ2n) is 6.36. The lowest BCUT2D eigenvalue weighted by molar-refractivity contribution is -0.129. The first kappa shape index (κ1) is 17.0. The predicted octanol–water partition coefficient (Wildman–Crippen LogP) is 1.78. The van der Waals surface area contributed by atoms with E-state index in [1.165, 1.54) is 15.5 Å². The normalized spacial score (nSPS) is 27.3. The summed E-state index contributed by atoms with van der Waals surface area (Å²) in [5, 5.41) is 2.65. The van der Waals surface area contributed by atoms with Crippen molar-refractivity contribution in [2.45, 2.75) is 50.8 Å². The van der Waals surface area contributed by atoms with Gasteiger partial charge in [-0.25, -0.2) is 4.79 Å². The second-order valence-corrected chi connectivity index (χ2v) is 7.22. The number of halogens is 1. The van der Waals surface area contributed by atoms with Gasteiger partial charge in [-0.05, 0) is 48.5 Å². The van der Waals surface area contributed by atoms with E-state index in [4.69, 9.17) is 4.74 Å². The summed E-state index contributed by atoms with van der Waals surface area (Å²) in [6.45, 7) is 1.70. The van der Waals surface area contributed by atoms with E-state index in [0.29, 0.717) is 18.6 Å². The van der Waals surface area contributed by atoms with Crippen LogP contribution >= 0.6 is 15.9 Å². The molecule has 0 unspecified atom stereocenters. The summed E-state index contributed by atoms with van der Waals surface area (Å²) < 4.78 is 8.15. The van der Waals surface area contributed by atoms with Crippen LogP contribution in [0.1, 0.15) is 32.6 Å². The van der Waals surface area contributed by atoms with E-state index >= 15 is 0 Å². The molecule has 1 saturated carbocycles. The number of amides is 3. The topological polar surface area (TPSA) is 80.6 Å². The number of aryl methyl sites for hydroxylation is 1. The zero-order valence-electron chi connectivity index (χ0n) is 13.6. The van der Waals surface area contributed by atoms with Crippen molar-refractivity contribution in [2.75, 3.05) is 0 Å². The molecule has 1 atom stereocenters. The third-order valence-electron chi connectivity index (χ3n) is 4.61. The van der Waals surface area contributed by atoms with Crippen molar-refractivity contribution in [1.29, 1.82) is 0 Å². The third kappa shape index (κ3) is 3.19. The molecule has 3 rings (SSSR count). The number of rotatable bonds is 3. The molecule has 0 bridgehead atoms. The van der Waals surface area contributed by atoms with Crippen LogP contribution in [-0.2, 0) is 11.8 Å². The Bertz CT molecular complexity index is 725. The van der Waals surface area contributed by atoms with Crippen LogP contribution in [0, 0.1) is 0 Å². The largest absolute Gasteiger partial charge is 0.489 e. The third-order valence-corrected chi connectivity index (χ3v) is 5.21. The highest BCUT2D eigenvalue weighted by molar-refractivity contribution is 9.10. The fraction of sp³-hybridized carbons (Fsp3) is 0.562. The smallest absolute Gasteiger partial charge is 0.325 e. The van der Waals surface area contributed by atoms with Gasteiger partial charge in [0.15, 0.2) is 0 Å². The molecule has 1 aromatic heterocycles. The van der Waals surface area contributed by atoms with E-state index in [1.54, 1.807) is 20.2 Å². The van der Waals surface area contributed by atoms with Gasteiger partial charge in [0, 0.05) is 25.4 Å². The fourth-order valence-electron chi connectivity index (χ4n) is 3.24. The molecule has 1 aliphatic carbocycles. The average molecular weight is 398 g/mol. The zero-order chi connectivity index (χ0) is 17.4. The van der Waals surface area contributed by atoms with Crippen LogP contribution in [0.25, 0.3) is 0 Å². The molecule has 8 heteroatoms. The van der Waals surface area contributed by atoms with Crippen molar-refractivity contribution in [1.82, 2.24) is 14.8 Å². The highest BCUT2D eigenvalue weighted by Crippen LogP contribution is 2.30. The standard InChI is InChI=1S/C16H20BrN3O4/c1-9-15(22)20(16(23)18-9)10-3-5-11(6-4-10)24-13-7-14(21)19(2)8-12(13)17/h7-11H,3-6H2,1-2H3,(H,18,23)/t9-,10-,11-/m1/s1. The van der Waals surface area contributed by atoms with Crippen LogP contribution in [0.4, 0.5) is 4.79 Å². The Kier molecular flexibility index (Phi) is 4.67. The number of aromatic nitrogens is 1. The summed E-state index contributed by atoms with van der Waals surface area (Å²) in [6, 6.07) is 0.651. The molecule has 1 aliphatic heterocycles. The minimum Gasteiger partial charge on any atom is -0.489 e. The summed E-state index contributed by atoms with van der Waals surface area (Å²) in [6.07, 6.45) is 4.54. The van der Waals surface area contributed by atoms with Gasteiger partial charge in [-0.2, -0.15) is 0 Å². The van der Waals surface area contributed by atoms with E-state index in [2.05, 4.69) is 21.2 Å². The van der Waals surface area contributed by atoms with Gasteiger partial charge in [0.05, 0.1) is 10.6 Å². The number of urea groups is 1. The van der Waals surface area contributed by atoms with Crippen LogP contribution in [0.15, 0.2) is 21.5 Å². The maximum absolute atomic E-state index is 12.1. The Hall–Kier alpha value is -1.83. The maximum Gasteiger partial charge on any atom is 0.325 e. The first-order valence-electron chi connectivity index (χ1n) is 8.03. The molecule has 1 aromatic rings. The van der Waals surface area contributed by atoms with Crippen molar-refractivity contribution in [3.05, 3.63) is 27.1 Å². The Morgan fingerprint density at radius 2 is 1.88 bits per heavy atom. The lowest BCUT2D eigenvalue weighted by Gasteiger charge is -2.33. The van der Waals surface area contributed by atoms with Crippen molar-refractivity contribution >= 4 is 27.9 Å². The van der Waals surface area contributed by atoms with Gasteiger partial charge in [0.1, 0.15) is 11.8 Å². The first-order valence-corrected chi connectivity index (χ1v) is 8.82. The number of hydrogen-bond donors (Lipinski definition) is 1. The van der Waals surface area contributed by atoms with Gasteiger partial charge >= 0.3 is 6.03 Å². The molecule has 3 amide bonds. The van der Waals surface area contributed by atoms with Crippen molar-refractivity contribution in [2.24, 2.45) is 7.05 Å². The SMILES string of the molecule is C[C@H]1NC(=O)N([C@H]2CC[C@H](Oc3cc(=O)n(C)cc3Br)CC2)C1=O. The molecular formula is C16H20BrN3O4. The molecule has 24 heavy (non-hydrogen) atoms. The van der Waals surface area contributed by atoms with E-state index in [1.807, 2.05) is 0 Å². The van der Waals surface area contributed by atoms with Gasteiger partial charge in [0.2, 0.25) is 0 Å².